The standard InChI is InChI=1S/C14H13NO2/c16-14-9-12(15-11-6-7-11)8-13(17-14)10-4-2-1-3-5-10/h1-5,8-9,11,15H,6-7H2. The lowest BCUT2D eigenvalue weighted by Gasteiger charge is -2.05. The number of benzene rings is 1. The highest BCUT2D eigenvalue weighted by molar-refractivity contribution is 5.62. The van der Waals surface area contributed by atoms with Gasteiger partial charge in [0, 0.05) is 29.4 Å². The van der Waals surface area contributed by atoms with E-state index < -0.39 is 0 Å². The van der Waals surface area contributed by atoms with Gasteiger partial charge in [-0.3, -0.25) is 0 Å². The second-order valence-corrected chi connectivity index (χ2v) is 4.31. The molecule has 0 saturated heterocycles. The first-order valence-electron chi connectivity index (χ1n) is 5.78. The minimum absolute atomic E-state index is 0.311. The van der Waals surface area contributed by atoms with E-state index in [4.69, 9.17) is 4.42 Å². The van der Waals surface area contributed by atoms with Crippen molar-refractivity contribution in [2.45, 2.75) is 18.9 Å². The number of anilines is 1. The monoisotopic (exact) mass is 227 g/mol. The van der Waals surface area contributed by atoms with Crippen molar-refractivity contribution in [2.24, 2.45) is 0 Å². The Bertz CT molecular complexity index is 570. The first-order valence-corrected chi connectivity index (χ1v) is 5.78. The molecule has 1 aromatic carbocycles. The van der Waals surface area contributed by atoms with Crippen LogP contribution in [0.15, 0.2) is 51.7 Å². The molecular weight excluding hydrogens is 214 g/mol. The number of hydrogen-bond donors (Lipinski definition) is 1. The predicted molar refractivity (Wildman–Crippen MR) is 67.1 cm³/mol. The van der Waals surface area contributed by atoms with Crippen LogP contribution in [0.5, 0.6) is 0 Å². The minimum atomic E-state index is -0.311. The van der Waals surface area contributed by atoms with Gasteiger partial charge in [-0.1, -0.05) is 30.3 Å². The molecule has 1 N–H and O–H groups in total. The zero-order valence-electron chi connectivity index (χ0n) is 9.35. The minimum Gasteiger partial charge on any atom is -0.423 e. The Hall–Kier alpha value is -2.03. The maximum atomic E-state index is 11.5. The van der Waals surface area contributed by atoms with Gasteiger partial charge in [-0.05, 0) is 12.8 Å². The van der Waals surface area contributed by atoms with Crippen LogP contribution in [0.25, 0.3) is 11.3 Å². The molecule has 1 fully saturated rings. The molecule has 3 heteroatoms. The average Bonchev–Trinajstić information content (AvgIpc) is 3.13. The summed E-state index contributed by atoms with van der Waals surface area (Å²) < 4.78 is 5.21. The molecule has 0 bridgehead atoms. The van der Waals surface area contributed by atoms with Gasteiger partial charge in [0.15, 0.2) is 0 Å². The van der Waals surface area contributed by atoms with Gasteiger partial charge >= 0.3 is 5.63 Å². The summed E-state index contributed by atoms with van der Waals surface area (Å²) >= 11 is 0. The van der Waals surface area contributed by atoms with E-state index in [2.05, 4.69) is 5.32 Å². The lowest BCUT2D eigenvalue weighted by Crippen LogP contribution is -2.06. The lowest BCUT2D eigenvalue weighted by molar-refractivity contribution is 0.526. The van der Waals surface area contributed by atoms with Crippen molar-refractivity contribution in [3.8, 4) is 11.3 Å². The first-order chi connectivity index (χ1) is 8.31. The third kappa shape index (κ3) is 2.38. The first kappa shape index (κ1) is 10.1. The van der Waals surface area contributed by atoms with Crippen LogP contribution in [0.2, 0.25) is 0 Å². The quantitative estimate of drug-likeness (QED) is 0.876. The van der Waals surface area contributed by atoms with Crippen LogP contribution in [0.1, 0.15) is 12.8 Å². The van der Waals surface area contributed by atoms with E-state index in [9.17, 15) is 4.79 Å². The lowest BCUT2D eigenvalue weighted by atomic mass is 10.1. The summed E-state index contributed by atoms with van der Waals surface area (Å²) in [5.41, 5.74) is 1.46. The van der Waals surface area contributed by atoms with Gasteiger partial charge in [0.2, 0.25) is 0 Å². The van der Waals surface area contributed by atoms with Crippen molar-refractivity contribution in [1.82, 2.24) is 0 Å². The molecule has 2 aromatic rings. The smallest absolute Gasteiger partial charge is 0.338 e. The molecule has 0 atom stereocenters. The highest BCUT2D eigenvalue weighted by atomic mass is 16.4. The summed E-state index contributed by atoms with van der Waals surface area (Å²) in [5.74, 6) is 0.612. The van der Waals surface area contributed by atoms with E-state index in [1.807, 2.05) is 36.4 Å². The summed E-state index contributed by atoms with van der Waals surface area (Å²) in [4.78, 5) is 11.5. The highest BCUT2D eigenvalue weighted by Crippen LogP contribution is 2.26. The van der Waals surface area contributed by atoms with E-state index in [0.29, 0.717) is 11.8 Å². The molecule has 0 radical (unpaired) electrons. The van der Waals surface area contributed by atoms with E-state index >= 15 is 0 Å². The summed E-state index contributed by atoms with van der Waals surface area (Å²) in [6.45, 7) is 0. The van der Waals surface area contributed by atoms with Gasteiger partial charge in [0.25, 0.3) is 0 Å². The van der Waals surface area contributed by atoms with E-state index in [-0.39, 0.29) is 5.63 Å². The third-order valence-electron chi connectivity index (χ3n) is 2.78. The largest absolute Gasteiger partial charge is 0.423 e. The molecule has 86 valence electrons. The normalized spacial score (nSPS) is 14.6. The second-order valence-electron chi connectivity index (χ2n) is 4.31. The van der Waals surface area contributed by atoms with Crippen LogP contribution in [-0.2, 0) is 0 Å². The van der Waals surface area contributed by atoms with Crippen molar-refractivity contribution < 1.29 is 4.42 Å². The topological polar surface area (TPSA) is 42.2 Å². The maximum absolute atomic E-state index is 11.5. The van der Waals surface area contributed by atoms with E-state index in [0.717, 1.165) is 11.3 Å². The van der Waals surface area contributed by atoms with Crippen LogP contribution < -0.4 is 10.9 Å². The van der Waals surface area contributed by atoms with Crippen LogP contribution >= 0.6 is 0 Å². The Kier molecular flexibility index (Phi) is 2.44. The van der Waals surface area contributed by atoms with E-state index in [1.165, 1.54) is 18.9 Å². The van der Waals surface area contributed by atoms with Crippen LogP contribution in [0.4, 0.5) is 5.69 Å². The Balaban J connectivity index is 1.98. The summed E-state index contributed by atoms with van der Waals surface area (Å²) in [7, 11) is 0. The Morgan fingerprint density at radius 1 is 1.12 bits per heavy atom. The molecular formula is C14H13NO2. The summed E-state index contributed by atoms with van der Waals surface area (Å²) in [5, 5.41) is 3.31. The fourth-order valence-corrected chi connectivity index (χ4v) is 1.77. The molecule has 3 nitrogen and oxygen atoms in total. The Labute approximate surface area is 99.1 Å². The molecule has 0 aliphatic heterocycles. The Morgan fingerprint density at radius 3 is 2.59 bits per heavy atom. The molecule has 0 spiro atoms. The fraction of sp³-hybridized carbons (Fsp3) is 0.214. The molecule has 3 rings (SSSR count). The molecule has 0 amide bonds. The summed E-state index contributed by atoms with van der Waals surface area (Å²) in [6, 6.07) is 13.6. The number of hydrogen-bond acceptors (Lipinski definition) is 3. The zero-order valence-corrected chi connectivity index (χ0v) is 9.35. The molecule has 1 saturated carbocycles. The SMILES string of the molecule is O=c1cc(NC2CC2)cc(-c2ccccc2)o1. The molecule has 1 aromatic heterocycles. The van der Waals surface area contributed by atoms with Crippen LogP contribution in [0, 0.1) is 0 Å². The van der Waals surface area contributed by atoms with Gasteiger partial charge in [-0.15, -0.1) is 0 Å². The molecule has 1 aliphatic rings. The molecule has 1 heterocycles. The van der Waals surface area contributed by atoms with Crippen molar-refractivity contribution in [2.75, 3.05) is 5.32 Å². The molecule has 17 heavy (non-hydrogen) atoms. The average molecular weight is 227 g/mol. The number of nitrogens with one attached hydrogen (secondary N) is 1. The van der Waals surface area contributed by atoms with Crippen LogP contribution in [0.3, 0.4) is 0 Å². The van der Waals surface area contributed by atoms with Gasteiger partial charge in [0.1, 0.15) is 5.76 Å². The zero-order chi connectivity index (χ0) is 11.7. The van der Waals surface area contributed by atoms with E-state index in [1.54, 1.807) is 0 Å². The van der Waals surface area contributed by atoms with Crippen molar-refractivity contribution >= 4 is 5.69 Å². The number of rotatable bonds is 3. The van der Waals surface area contributed by atoms with Gasteiger partial charge < -0.3 is 9.73 Å². The highest BCUT2D eigenvalue weighted by Gasteiger charge is 2.21. The van der Waals surface area contributed by atoms with Gasteiger partial charge in [-0.2, -0.15) is 0 Å². The maximum Gasteiger partial charge on any atom is 0.338 e. The second kappa shape index (κ2) is 4.09. The van der Waals surface area contributed by atoms with Crippen molar-refractivity contribution in [3.05, 3.63) is 52.9 Å². The molecule has 0 unspecified atom stereocenters. The van der Waals surface area contributed by atoms with Crippen molar-refractivity contribution in [1.29, 1.82) is 0 Å². The third-order valence-corrected chi connectivity index (χ3v) is 2.78. The summed E-state index contributed by atoms with van der Waals surface area (Å²) in [6.07, 6.45) is 2.36. The van der Waals surface area contributed by atoms with Crippen molar-refractivity contribution in [3.63, 3.8) is 0 Å². The van der Waals surface area contributed by atoms with Gasteiger partial charge in [0.05, 0.1) is 0 Å². The van der Waals surface area contributed by atoms with Gasteiger partial charge in [-0.25, -0.2) is 4.79 Å². The predicted octanol–water partition coefficient (Wildman–Crippen LogP) is 2.88. The van der Waals surface area contributed by atoms with Crippen LogP contribution in [-0.4, -0.2) is 6.04 Å². The Morgan fingerprint density at radius 2 is 1.88 bits per heavy atom. The molecule has 1 aliphatic carbocycles. The fourth-order valence-electron chi connectivity index (χ4n) is 1.77.